The fourth-order valence-electron chi connectivity index (χ4n) is 1.27. The monoisotopic (exact) mass is 196 g/mol. The molecule has 0 radical (unpaired) electrons. The molecule has 1 aromatic rings. The molecule has 0 unspecified atom stereocenters. The van der Waals surface area contributed by atoms with E-state index < -0.39 is 0 Å². The fraction of sp³-hybridized carbons (Fsp3) is 0.667. The van der Waals surface area contributed by atoms with Gasteiger partial charge in [0.1, 0.15) is 0 Å². The van der Waals surface area contributed by atoms with Gasteiger partial charge < -0.3 is 0 Å². The van der Waals surface area contributed by atoms with E-state index in [4.69, 9.17) is 0 Å². The first-order valence-corrected chi connectivity index (χ1v) is 6.00. The van der Waals surface area contributed by atoms with Crippen LogP contribution in [0.2, 0.25) is 0 Å². The summed E-state index contributed by atoms with van der Waals surface area (Å²) >= 11 is 1.98. The summed E-state index contributed by atoms with van der Waals surface area (Å²) in [5.41, 5.74) is 0. The Morgan fingerprint density at radius 3 is 2.31 bits per heavy atom. The lowest BCUT2D eigenvalue weighted by Crippen LogP contribution is -1.89. The lowest BCUT2D eigenvalue weighted by atomic mass is 10.1. The molecule has 1 aromatic heterocycles. The van der Waals surface area contributed by atoms with Crippen molar-refractivity contribution in [2.45, 2.75) is 46.5 Å². The van der Waals surface area contributed by atoms with Crippen molar-refractivity contribution in [3.8, 4) is 0 Å². The molecule has 0 saturated carbocycles. The van der Waals surface area contributed by atoms with E-state index in [1.54, 1.807) is 4.88 Å². The molecule has 1 rings (SSSR count). The number of hydrogen-bond donors (Lipinski definition) is 0. The van der Waals surface area contributed by atoms with Crippen LogP contribution in [0.25, 0.3) is 0 Å². The number of hydrogen-bond acceptors (Lipinski definition) is 1. The fourth-order valence-corrected chi connectivity index (χ4v) is 2.30. The maximum absolute atomic E-state index is 2.29. The zero-order valence-electron chi connectivity index (χ0n) is 9.13. The highest BCUT2D eigenvalue weighted by atomic mass is 32.1. The van der Waals surface area contributed by atoms with Crippen molar-refractivity contribution < 1.29 is 0 Å². The summed E-state index contributed by atoms with van der Waals surface area (Å²) in [4.78, 5) is 3.08. The average Bonchev–Trinajstić information content (AvgIpc) is 2.48. The summed E-state index contributed by atoms with van der Waals surface area (Å²) in [6, 6.07) is 4.58. The number of thiophene rings is 1. The molecular weight excluding hydrogens is 176 g/mol. The van der Waals surface area contributed by atoms with Crippen molar-refractivity contribution in [1.29, 1.82) is 0 Å². The van der Waals surface area contributed by atoms with Gasteiger partial charge in [-0.2, -0.15) is 0 Å². The topological polar surface area (TPSA) is 0 Å². The van der Waals surface area contributed by atoms with Crippen LogP contribution in [0, 0.1) is 5.92 Å². The Morgan fingerprint density at radius 1 is 1.15 bits per heavy atom. The molecule has 0 aromatic carbocycles. The van der Waals surface area contributed by atoms with E-state index in [2.05, 4.69) is 39.8 Å². The molecule has 0 aliphatic rings. The van der Waals surface area contributed by atoms with Gasteiger partial charge in [0.15, 0.2) is 0 Å². The molecule has 13 heavy (non-hydrogen) atoms. The Bertz CT molecular complexity index is 245. The third-order valence-electron chi connectivity index (χ3n) is 2.22. The van der Waals surface area contributed by atoms with E-state index in [0.717, 1.165) is 5.92 Å². The molecule has 0 spiro atoms. The van der Waals surface area contributed by atoms with Gasteiger partial charge in [-0.15, -0.1) is 11.3 Å². The minimum atomic E-state index is 0.692. The van der Waals surface area contributed by atoms with Crippen molar-refractivity contribution >= 4 is 11.3 Å². The summed E-state index contributed by atoms with van der Waals surface area (Å²) < 4.78 is 0. The quantitative estimate of drug-likeness (QED) is 0.667. The normalized spacial score (nSPS) is 11.5. The van der Waals surface area contributed by atoms with Crippen molar-refractivity contribution in [2.24, 2.45) is 5.92 Å². The van der Waals surface area contributed by atoms with Crippen LogP contribution in [0.3, 0.4) is 0 Å². The van der Waals surface area contributed by atoms with Crippen LogP contribution in [0.15, 0.2) is 12.1 Å². The van der Waals surface area contributed by atoms with Crippen LogP contribution in [-0.4, -0.2) is 0 Å². The van der Waals surface area contributed by atoms with E-state index in [1.807, 2.05) is 11.3 Å². The van der Waals surface area contributed by atoms with E-state index in [9.17, 15) is 0 Å². The second kappa shape index (κ2) is 4.80. The molecule has 1 heteroatoms. The third kappa shape index (κ3) is 3.51. The second-order valence-electron chi connectivity index (χ2n) is 4.39. The molecule has 0 bridgehead atoms. The van der Waals surface area contributed by atoms with Gasteiger partial charge in [-0.05, 0) is 36.8 Å². The van der Waals surface area contributed by atoms with Gasteiger partial charge >= 0.3 is 0 Å². The summed E-state index contributed by atoms with van der Waals surface area (Å²) in [5, 5.41) is 0. The summed E-state index contributed by atoms with van der Waals surface area (Å²) in [7, 11) is 0. The Balaban J connectivity index is 2.49. The molecule has 0 aliphatic heterocycles. The van der Waals surface area contributed by atoms with Gasteiger partial charge in [0, 0.05) is 9.75 Å². The molecule has 0 nitrogen and oxygen atoms in total. The standard InChI is InChI=1S/C12H20S/c1-9(2)5-6-11-7-8-12(13-11)10(3)4/h7-10H,5-6H2,1-4H3. The van der Waals surface area contributed by atoms with Crippen LogP contribution >= 0.6 is 11.3 Å². The smallest absolute Gasteiger partial charge is 0.00736 e. The van der Waals surface area contributed by atoms with Gasteiger partial charge in [0.05, 0.1) is 0 Å². The van der Waals surface area contributed by atoms with Crippen LogP contribution in [-0.2, 0) is 6.42 Å². The summed E-state index contributed by atoms with van der Waals surface area (Å²) in [5.74, 6) is 1.52. The SMILES string of the molecule is CC(C)CCc1ccc(C(C)C)s1. The zero-order chi connectivity index (χ0) is 9.84. The predicted octanol–water partition coefficient (Wildman–Crippen LogP) is 4.46. The third-order valence-corrected chi connectivity index (χ3v) is 3.67. The second-order valence-corrected chi connectivity index (χ2v) is 5.59. The highest BCUT2D eigenvalue weighted by Crippen LogP contribution is 2.25. The Morgan fingerprint density at radius 2 is 1.85 bits per heavy atom. The van der Waals surface area contributed by atoms with Crippen molar-refractivity contribution in [3.05, 3.63) is 21.9 Å². The predicted molar refractivity (Wildman–Crippen MR) is 61.6 cm³/mol. The largest absolute Gasteiger partial charge is 0.145 e. The van der Waals surface area contributed by atoms with Gasteiger partial charge in [-0.1, -0.05) is 27.7 Å². The van der Waals surface area contributed by atoms with Gasteiger partial charge in [-0.3, -0.25) is 0 Å². The lowest BCUT2D eigenvalue weighted by molar-refractivity contribution is 0.590. The minimum absolute atomic E-state index is 0.692. The zero-order valence-corrected chi connectivity index (χ0v) is 9.95. The van der Waals surface area contributed by atoms with Gasteiger partial charge in [0.2, 0.25) is 0 Å². The molecule has 74 valence electrons. The molecular formula is C12H20S. The van der Waals surface area contributed by atoms with Crippen molar-refractivity contribution in [1.82, 2.24) is 0 Å². The molecule has 0 amide bonds. The van der Waals surface area contributed by atoms with E-state index >= 15 is 0 Å². The molecule has 0 aliphatic carbocycles. The molecule has 0 N–H and O–H groups in total. The van der Waals surface area contributed by atoms with E-state index in [-0.39, 0.29) is 0 Å². The molecule has 0 saturated heterocycles. The van der Waals surface area contributed by atoms with Gasteiger partial charge in [-0.25, -0.2) is 0 Å². The van der Waals surface area contributed by atoms with E-state index in [0.29, 0.717) is 5.92 Å². The maximum atomic E-state index is 2.29. The molecule has 0 fully saturated rings. The van der Waals surface area contributed by atoms with E-state index in [1.165, 1.54) is 17.7 Å². The highest BCUT2D eigenvalue weighted by Gasteiger charge is 2.04. The van der Waals surface area contributed by atoms with Gasteiger partial charge in [0.25, 0.3) is 0 Å². The first-order valence-electron chi connectivity index (χ1n) is 5.18. The number of rotatable bonds is 4. The van der Waals surface area contributed by atoms with Crippen LogP contribution < -0.4 is 0 Å². The van der Waals surface area contributed by atoms with Crippen LogP contribution in [0.4, 0.5) is 0 Å². The van der Waals surface area contributed by atoms with Crippen molar-refractivity contribution in [3.63, 3.8) is 0 Å². The Kier molecular flexibility index (Phi) is 3.98. The first-order chi connectivity index (χ1) is 6.09. The lowest BCUT2D eigenvalue weighted by Gasteiger charge is -2.01. The molecule has 1 heterocycles. The summed E-state index contributed by atoms with van der Waals surface area (Å²) in [6.07, 6.45) is 2.58. The Hall–Kier alpha value is -0.300. The van der Waals surface area contributed by atoms with Crippen LogP contribution in [0.5, 0.6) is 0 Å². The maximum Gasteiger partial charge on any atom is 0.00736 e. The van der Waals surface area contributed by atoms with Crippen LogP contribution in [0.1, 0.15) is 49.8 Å². The average molecular weight is 196 g/mol. The number of aryl methyl sites for hydroxylation is 1. The molecule has 0 atom stereocenters. The Labute approximate surface area is 86.0 Å². The first kappa shape index (κ1) is 10.8. The minimum Gasteiger partial charge on any atom is -0.145 e. The summed E-state index contributed by atoms with van der Waals surface area (Å²) in [6.45, 7) is 9.10. The highest BCUT2D eigenvalue weighted by molar-refractivity contribution is 7.12. The van der Waals surface area contributed by atoms with Crippen molar-refractivity contribution in [2.75, 3.05) is 0 Å².